The van der Waals surface area contributed by atoms with E-state index in [-0.39, 0.29) is 12.0 Å². The molecule has 1 amide bonds. The Bertz CT molecular complexity index is 439. The first-order valence-corrected chi connectivity index (χ1v) is 7.58. The van der Waals surface area contributed by atoms with Gasteiger partial charge in [0.25, 0.3) is 0 Å². The second-order valence-electron chi connectivity index (χ2n) is 5.89. The van der Waals surface area contributed by atoms with Gasteiger partial charge in [-0.25, -0.2) is 0 Å². The highest BCUT2D eigenvalue weighted by atomic mass is 16.5. The Hall–Kier alpha value is -1.35. The first-order valence-electron chi connectivity index (χ1n) is 7.58. The molecule has 110 valence electrons. The van der Waals surface area contributed by atoms with Gasteiger partial charge in [-0.3, -0.25) is 4.79 Å². The molecule has 0 radical (unpaired) electrons. The quantitative estimate of drug-likeness (QED) is 0.844. The minimum absolute atomic E-state index is 0.0192. The minimum atomic E-state index is 0.0192. The molecule has 1 aliphatic heterocycles. The summed E-state index contributed by atoms with van der Waals surface area (Å²) in [5.41, 5.74) is 2.50. The number of carbonyl (C=O) groups excluding carboxylic acids is 1. The van der Waals surface area contributed by atoms with Crippen molar-refractivity contribution in [1.29, 1.82) is 0 Å². The maximum Gasteiger partial charge on any atom is 0.223 e. The molecule has 1 unspecified atom stereocenters. The van der Waals surface area contributed by atoms with Crippen molar-refractivity contribution >= 4 is 5.91 Å². The van der Waals surface area contributed by atoms with Gasteiger partial charge in [0.2, 0.25) is 5.91 Å². The molecule has 1 aromatic rings. The molecule has 2 rings (SSSR count). The first-order chi connectivity index (χ1) is 9.60. The lowest BCUT2D eigenvalue weighted by Crippen LogP contribution is -2.42. The molecule has 1 saturated heterocycles. The van der Waals surface area contributed by atoms with E-state index in [0.29, 0.717) is 25.5 Å². The summed E-state index contributed by atoms with van der Waals surface area (Å²) in [5, 5.41) is 0. The molecule has 1 fully saturated rings. The van der Waals surface area contributed by atoms with Crippen LogP contribution >= 0.6 is 0 Å². The van der Waals surface area contributed by atoms with Crippen molar-refractivity contribution in [2.75, 3.05) is 19.7 Å². The topological polar surface area (TPSA) is 29.5 Å². The van der Waals surface area contributed by atoms with E-state index in [0.717, 1.165) is 13.0 Å². The lowest BCUT2D eigenvalue weighted by atomic mass is 10.0. The highest BCUT2D eigenvalue weighted by Crippen LogP contribution is 2.23. The average molecular weight is 275 g/mol. The molecular formula is C17H25NO2. The number of amides is 1. The van der Waals surface area contributed by atoms with Gasteiger partial charge in [-0.1, -0.05) is 45.0 Å². The van der Waals surface area contributed by atoms with Crippen molar-refractivity contribution in [1.82, 2.24) is 4.90 Å². The zero-order chi connectivity index (χ0) is 14.5. The van der Waals surface area contributed by atoms with E-state index in [2.05, 4.69) is 45.0 Å². The van der Waals surface area contributed by atoms with Gasteiger partial charge >= 0.3 is 0 Å². The molecule has 0 N–H and O–H groups in total. The Morgan fingerprint density at radius 2 is 2.05 bits per heavy atom. The number of carbonyl (C=O) groups is 1. The van der Waals surface area contributed by atoms with Crippen molar-refractivity contribution < 1.29 is 9.53 Å². The average Bonchev–Trinajstić information content (AvgIpc) is 2.47. The highest BCUT2D eigenvalue weighted by Gasteiger charge is 2.25. The smallest absolute Gasteiger partial charge is 0.223 e. The third kappa shape index (κ3) is 3.83. The van der Waals surface area contributed by atoms with E-state index in [1.165, 1.54) is 11.1 Å². The fourth-order valence-corrected chi connectivity index (χ4v) is 2.52. The number of morpholine rings is 1. The maximum absolute atomic E-state index is 12.2. The van der Waals surface area contributed by atoms with Gasteiger partial charge in [0.05, 0.1) is 13.2 Å². The fraction of sp³-hybridized carbons (Fsp3) is 0.588. The van der Waals surface area contributed by atoms with Crippen LogP contribution in [0.15, 0.2) is 24.3 Å². The number of hydrogen-bond donors (Lipinski definition) is 0. The number of hydrogen-bond acceptors (Lipinski definition) is 2. The lowest BCUT2D eigenvalue weighted by Gasteiger charge is -2.33. The first kappa shape index (κ1) is 15.0. The van der Waals surface area contributed by atoms with Crippen molar-refractivity contribution in [3.05, 3.63) is 35.4 Å². The summed E-state index contributed by atoms with van der Waals surface area (Å²) in [6.07, 6.45) is 1.69. The molecule has 3 heteroatoms. The van der Waals surface area contributed by atoms with Crippen molar-refractivity contribution in [2.24, 2.45) is 5.92 Å². The van der Waals surface area contributed by atoms with Crippen LogP contribution in [-0.4, -0.2) is 30.5 Å². The number of ether oxygens (including phenoxy) is 1. The Labute approximate surface area is 121 Å². The fourth-order valence-electron chi connectivity index (χ4n) is 2.52. The van der Waals surface area contributed by atoms with E-state index >= 15 is 0 Å². The predicted molar refractivity (Wildman–Crippen MR) is 80.5 cm³/mol. The second-order valence-corrected chi connectivity index (χ2v) is 5.89. The van der Waals surface area contributed by atoms with Crippen LogP contribution < -0.4 is 0 Å². The zero-order valence-corrected chi connectivity index (χ0v) is 12.8. The summed E-state index contributed by atoms with van der Waals surface area (Å²) in [6.45, 7) is 8.34. The second kappa shape index (κ2) is 6.89. The molecule has 0 bridgehead atoms. The molecule has 1 atom stereocenters. The number of rotatable bonds is 4. The van der Waals surface area contributed by atoms with Crippen molar-refractivity contribution in [2.45, 2.75) is 39.7 Å². The summed E-state index contributed by atoms with van der Waals surface area (Å²) in [6, 6.07) is 8.54. The Morgan fingerprint density at radius 1 is 1.35 bits per heavy atom. The van der Waals surface area contributed by atoms with Crippen LogP contribution in [0.2, 0.25) is 0 Å². The largest absolute Gasteiger partial charge is 0.370 e. The van der Waals surface area contributed by atoms with Crippen LogP contribution in [-0.2, 0) is 16.0 Å². The van der Waals surface area contributed by atoms with Crippen LogP contribution in [0.1, 0.15) is 44.4 Å². The standard InChI is InChI=1S/C17H25NO2/c1-4-14-5-7-15(8-6-14)16-12-18(9-10-20-16)17(19)11-13(2)3/h5-8,13,16H,4,9-12H2,1-3H3. The van der Waals surface area contributed by atoms with Crippen molar-refractivity contribution in [3.8, 4) is 0 Å². The number of aryl methyl sites for hydroxylation is 1. The van der Waals surface area contributed by atoms with Gasteiger partial charge < -0.3 is 9.64 Å². The van der Waals surface area contributed by atoms with Crippen LogP contribution in [0, 0.1) is 5.92 Å². The maximum atomic E-state index is 12.2. The summed E-state index contributed by atoms with van der Waals surface area (Å²) in [5.74, 6) is 0.658. The minimum Gasteiger partial charge on any atom is -0.370 e. The molecule has 20 heavy (non-hydrogen) atoms. The lowest BCUT2D eigenvalue weighted by molar-refractivity contribution is -0.139. The summed E-state index contributed by atoms with van der Waals surface area (Å²) < 4.78 is 5.83. The monoisotopic (exact) mass is 275 g/mol. The predicted octanol–water partition coefficient (Wildman–Crippen LogP) is 3.20. The van der Waals surface area contributed by atoms with Gasteiger partial charge in [0, 0.05) is 13.0 Å². The SMILES string of the molecule is CCc1ccc(C2CN(C(=O)CC(C)C)CCO2)cc1. The van der Waals surface area contributed by atoms with Crippen LogP contribution in [0.5, 0.6) is 0 Å². The van der Waals surface area contributed by atoms with Gasteiger partial charge in [0.15, 0.2) is 0 Å². The molecule has 1 heterocycles. The normalized spacial score (nSPS) is 19.4. The Morgan fingerprint density at radius 3 is 2.65 bits per heavy atom. The third-order valence-corrected chi connectivity index (χ3v) is 3.76. The van der Waals surface area contributed by atoms with Crippen LogP contribution in [0.25, 0.3) is 0 Å². The summed E-state index contributed by atoms with van der Waals surface area (Å²) >= 11 is 0. The van der Waals surface area contributed by atoms with Gasteiger partial charge in [0.1, 0.15) is 6.10 Å². The number of nitrogens with zero attached hydrogens (tertiary/aromatic N) is 1. The van der Waals surface area contributed by atoms with E-state index in [4.69, 9.17) is 4.74 Å². The molecule has 1 aromatic carbocycles. The third-order valence-electron chi connectivity index (χ3n) is 3.76. The van der Waals surface area contributed by atoms with Crippen molar-refractivity contribution in [3.63, 3.8) is 0 Å². The molecule has 0 aliphatic carbocycles. The van der Waals surface area contributed by atoms with Gasteiger partial charge in [-0.2, -0.15) is 0 Å². The Balaban J connectivity index is 2.00. The highest BCUT2D eigenvalue weighted by molar-refractivity contribution is 5.76. The summed E-state index contributed by atoms with van der Waals surface area (Å²) in [4.78, 5) is 14.1. The molecular weight excluding hydrogens is 250 g/mol. The molecule has 0 spiro atoms. The van der Waals surface area contributed by atoms with Gasteiger partial charge in [-0.15, -0.1) is 0 Å². The molecule has 1 aliphatic rings. The van der Waals surface area contributed by atoms with Crippen LogP contribution in [0.3, 0.4) is 0 Å². The van der Waals surface area contributed by atoms with Crippen LogP contribution in [0.4, 0.5) is 0 Å². The molecule has 0 saturated carbocycles. The van der Waals surface area contributed by atoms with E-state index < -0.39 is 0 Å². The molecule has 3 nitrogen and oxygen atoms in total. The van der Waals surface area contributed by atoms with E-state index in [1.807, 2.05) is 4.90 Å². The zero-order valence-electron chi connectivity index (χ0n) is 12.8. The number of benzene rings is 1. The van der Waals surface area contributed by atoms with Gasteiger partial charge in [-0.05, 0) is 23.5 Å². The van der Waals surface area contributed by atoms with E-state index in [1.54, 1.807) is 0 Å². The van der Waals surface area contributed by atoms with E-state index in [9.17, 15) is 4.79 Å². The molecule has 0 aromatic heterocycles. The Kier molecular flexibility index (Phi) is 5.18. The summed E-state index contributed by atoms with van der Waals surface area (Å²) in [7, 11) is 0.